The van der Waals surface area contributed by atoms with Crippen LogP contribution in [0.15, 0.2) is 47.4 Å². The predicted molar refractivity (Wildman–Crippen MR) is 77.2 cm³/mol. The molecule has 1 amide bonds. The van der Waals surface area contributed by atoms with Crippen LogP contribution in [0.4, 0.5) is 10.1 Å². The first kappa shape index (κ1) is 15.4. The molecule has 0 aliphatic carbocycles. The number of hydrogen-bond acceptors (Lipinski definition) is 3. The van der Waals surface area contributed by atoms with Crippen LogP contribution in [0.5, 0.6) is 0 Å². The predicted octanol–water partition coefficient (Wildman–Crippen LogP) is 2.38. The Bertz CT molecular complexity index is 809. The standard InChI is InChI=1S/C13H10ClFN2O3S/c14-9-7-8(5-6-10(9)15)13(18)17-11-3-1-2-4-12(11)21(16,19)20/h1-7H,(H,17,18)(H2,16,19,20). The third kappa shape index (κ3) is 3.57. The molecule has 3 N–H and O–H groups in total. The molecule has 0 bridgehead atoms. The van der Waals surface area contributed by atoms with Crippen molar-refractivity contribution in [2.24, 2.45) is 5.14 Å². The van der Waals surface area contributed by atoms with Gasteiger partial charge in [0.15, 0.2) is 0 Å². The van der Waals surface area contributed by atoms with Gasteiger partial charge in [0.1, 0.15) is 10.7 Å². The van der Waals surface area contributed by atoms with Gasteiger partial charge in [-0.1, -0.05) is 23.7 Å². The highest BCUT2D eigenvalue weighted by Gasteiger charge is 2.16. The monoisotopic (exact) mass is 328 g/mol. The Morgan fingerprint density at radius 1 is 1.19 bits per heavy atom. The minimum atomic E-state index is -3.98. The summed E-state index contributed by atoms with van der Waals surface area (Å²) in [4.78, 5) is 11.8. The molecule has 0 aliphatic heterocycles. The van der Waals surface area contributed by atoms with Crippen LogP contribution >= 0.6 is 11.6 Å². The molecule has 8 heteroatoms. The van der Waals surface area contributed by atoms with Crippen LogP contribution in [0.3, 0.4) is 0 Å². The van der Waals surface area contributed by atoms with Gasteiger partial charge in [-0.05, 0) is 30.3 Å². The van der Waals surface area contributed by atoms with Gasteiger partial charge in [0.25, 0.3) is 5.91 Å². The van der Waals surface area contributed by atoms with Crippen molar-refractivity contribution >= 4 is 33.2 Å². The Labute approximate surface area is 125 Å². The second-order valence-corrected chi connectivity index (χ2v) is 6.06. The van der Waals surface area contributed by atoms with Gasteiger partial charge in [0.2, 0.25) is 10.0 Å². The van der Waals surface area contributed by atoms with E-state index in [4.69, 9.17) is 16.7 Å². The smallest absolute Gasteiger partial charge is 0.255 e. The Hall–Kier alpha value is -1.96. The van der Waals surface area contributed by atoms with Gasteiger partial charge in [0.05, 0.1) is 10.7 Å². The van der Waals surface area contributed by atoms with E-state index in [1.165, 1.54) is 24.3 Å². The van der Waals surface area contributed by atoms with Crippen LogP contribution in [0.2, 0.25) is 5.02 Å². The molecule has 0 saturated heterocycles. The second kappa shape index (κ2) is 5.80. The normalized spacial score (nSPS) is 11.2. The fourth-order valence-corrected chi connectivity index (χ4v) is 2.52. The Morgan fingerprint density at radius 3 is 2.48 bits per heavy atom. The Morgan fingerprint density at radius 2 is 1.86 bits per heavy atom. The summed E-state index contributed by atoms with van der Waals surface area (Å²) in [7, 11) is -3.98. The maximum absolute atomic E-state index is 13.0. The number of hydrogen-bond donors (Lipinski definition) is 2. The number of rotatable bonds is 3. The van der Waals surface area contributed by atoms with Crippen molar-refractivity contribution in [3.05, 3.63) is 58.9 Å². The highest BCUT2D eigenvalue weighted by molar-refractivity contribution is 7.89. The lowest BCUT2D eigenvalue weighted by molar-refractivity contribution is 0.102. The summed E-state index contributed by atoms with van der Waals surface area (Å²) in [6.07, 6.45) is 0. The summed E-state index contributed by atoms with van der Waals surface area (Å²) in [5, 5.41) is 7.26. The third-order valence-corrected chi connectivity index (χ3v) is 3.88. The fraction of sp³-hybridized carbons (Fsp3) is 0. The van der Waals surface area contributed by atoms with Crippen molar-refractivity contribution in [3.63, 3.8) is 0 Å². The fourth-order valence-electron chi connectivity index (χ4n) is 1.65. The van der Waals surface area contributed by atoms with Gasteiger partial charge in [-0.3, -0.25) is 4.79 Å². The van der Waals surface area contributed by atoms with Crippen molar-refractivity contribution in [3.8, 4) is 0 Å². The molecule has 0 unspecified atom stereocenters. The first-order valence-electron chi connectivity index (χ1n) is 5.67. The van der Waals surface area contributed by atoms with Gasteiger partial charge in [-0.2, -0.15) is 0 Å². The topological polar surface area (TPSA) is 89.3 Å². The van der Waals surface area contributed by atoms with Crippen molar-refractivity contribution in [1.29, 1.82) is 0 Å². The molecular weight excluding hydrogens is 319 g/mol. The molecule has 0 saturated carbocycles. The number of primary sulfonamides is 1. The third-order valence-electron chi connectivity index (χ3n) is 2.62. The zero-order valence-electron chi connectivity index (χ0n) is 10.5. The van der Waals surface area contributed by atoms with Crippen molar-refractivity contribution < 1.29 is 17.6 Å². The van der Waals surface area contributed by atoms with E-state index in [1.807, 2.05) is 0 Å². The van der Waals surface area contributed by atoms with Crippen LogP contribution < -0.4 is 10.5 Å². The molecule has 5 nitrogen and oxygen atoms in total. The zero-order chi connectivity index (χ0) is 15.6. The Kier molecular flexibility index (Phi) is 4.26. The van der Waals surface area contributed by atoms with E-state index < -0.39 is 21.7 Å². The molecule has 2 aromatic rings. The SMILES string of the molecule is NS(=O)(=O)c1ccccc1NC(=O)c1ccc(F)c(Cl)c1. The summed E-state index contributed by atoms with van der Waals surface area (Å²) in [6, 6.07) is 9.10. The number of benzene rings is 2. The largest absolute Gasteiger partial charge is 0.321 e. The molecule has 0 aromatic heterocycles. The molecule has 0 spiro atoms. The number of carbonyl (C=O) groups excluding carboxylic acids is 1. The summed E-state index contributed by atoms with van der Waals surface area (Å²) in [6.45, 7) is 0. The average molecular weight is 329 g/mol. The number of nitrogens with one attached hydrogen (secondary N) is 1. The average Bonchev–Trinajstić information content (AvgIpc) is 2.41. The van der Waals surface area contributed by atoms with Crippen LogP contribution in [0.25, 0.3) is 0 Å². The van der Waals surface area contributed by atoms with Crippen LogP contribution in [-0.2, 0) is 10.0 Å². The van der Waals surface area contributed by atoms with E-state index in [1.54, 1.807) is 6.07 Å². The summed E-state index contributed by atoms with van der Waals surface area (Å²) in [5.41, 5.74) is 0.121. The van der Waals surface area contributed by atoms with E-state index in [0.717, 1.165) is 12.1 Å². The number of anilines is 1. The molecule has 0 heterocycles. The zero-order valence-corrected chi connectivity index (χ0v) is 12.1. The van der Waals surface area contributed by atoms with Gasteiger partial charge in [-0.25, -0.2) is 17.9 Å². The molecule has 110 valence electrons. The van der Waals surface area contributed by atoms with E-state index in [-0.39, 0.29) is 21.2 Å². The number of nitrogens with two attached hydrogens (primary N) is 1. The minimum absolute atomic E-state index is 0.0328. The van der Waals surface area contributed by atoms with Crippen molar-refractivity contribution in [2.75, 3.05) is 5.32 Å². The molecule has 0 aliphatic rings. The lowest BCUT2D eigenvalue weighted by Crippen LogP contribution is -2.18. The number of para-hydroxylation sites is 1. The van der Waals surface area contributed by atoms with E-state index in [9.17, 15) is 17.6 Å². The molecule has 2 aromatic carbocycles. The van der Waals surface area contributed by atoms with Crippen LogP contribution in [0.1, 0.15) is 10.4 Å². The summed E-state index contributed by atoms with van der Waals surface area (Å²) >= 11 is 5.59. The quantitative estimate of drug-likeness (QED) is 0.906. The number of amides is 1. The molecule has 2 rings (SSSR count). The highest BCUT2D eigenvalue weighted by atomic mass is 35.5. The van der Waals surface area contributed by atoms with Gasteiger partial charge in [-0.15, -0.1) is 0 Å². The van der Waals surface area contributed by atoms with Crippen molar-refractivity contribution in [1.82, 2.24) is 0 Å². The van der Waals surface area contributed by atoms with Gasteiger partial charge >= 0.3 is 0 Å². The number of sulfonamides is 1. The molecule has 0 fully saturated rings. The molecule has 0 atom stereocenters. The summed E-state index contributed by atoms with van der Waals surface area (Å²) in [5.74, 6) is -1.29. The lowest BCUT2D eigenvalue weighted by Gasteiger charge is -2.09. The van der Waals surface area contributed by atoms with Crippen LogP contribution in [0, 0.1) is 5.82 Å². The maximum Gasteiger partial charge on any atom is 0.255 e. The lowest BCUT2D eigenvalue weighted by atomic mass is 10.2. The van der Waals surface area contributed by atoms with E-state index in [2.05, 4.69) is 5.32 Å². The molecule has 0 radical (unpaired) electrons. The highest BCUT2D eigenvalue weighted by Crippen LogP contribution is 2.21. The summed E-state index contributed by atoms with van der Waals surface area (Å²) < 4.78 is 35.9. The molecular formula is C13H10ClFN2O3S. The maximum atomic E-state index is 13.0. The second-order valence-electron chi connectivity index (χ2n) is 4.12. The number of carbonyl (C=O) groups is 1. The number of halogens is 2. The van der Waals surface area contributed by atoms with Gasteiger partial charge in [0, 0.05) is 5.56 Å². The van der Waals surface area contributed by atoms with E-state index >= 15 is 0 Å². The molecule has 21 heavy (non-hydrogen) atoms. The van der Waals surface area contributed by atoms with Gasteiger partial charge < -0.3 is 5.32 Å². The first-order valence-corrected chi connectivity index (χ1v) is 7.59. The van der Waals surface area contributed by atoms with E-state index in [0.29, 0.717) is 0 Å². The minimum Gasteiger partial charge on any atom is -0.321 e. The van der Waals surface area contributed by atoms with Crippen molar-refractivity contribution in [2.45, 2.75) is 4.90 Å². The van der Waals surface area contributed by atoms with Crippen LogP contribution in [-0.4, -0.2) is 14.3 Å². The first-order chi connectivity index (χ1) is 9.79. The Balaban J connectivity index is 2.34.